The summed E-state index contributed by atoms with van der Waals surface area (Å²) in [5.74, 6) is -3.20. The predicted molar refractivity (Wildman–Crippen MR) is 71.7 cm³/mol. The van der Waals surface area contributed by atoms with Crippen molar-refractivity contribution in [2.75, 3.05) is 0 Å². The molecule has 0 bridgehead atoms. The van der Waals surface area contributed by atoms with Crippen LogP contribution in [0, 0.1) is 17.5 Å². The molecule has 7 heteroatoms. The Labute approximate surface area is 122 Å². The van der Waals surface area contributed by atoms with Crippen LogP contribution in [0.4, 0.5) is 13.2 Å². The number of rotatable bonds is 2. The van der Waals surface area contributed by atoms with E-state index >= 15 is 0 Å². The zero-order valence-corrected chi connectivity index (χ0v) is 11.2. The van der Waals surface area contributed by atoms with Crippen LogP contribution in [0.15, 0.2) is 42.5 Å². The lowest BCUT2D eigenvalue weighted by Crippen LogP contribution is -2.03. The van der Waals surface area contributed by atoms with Gasteiger partial charge in [0.25, 0.3) is 0 Å². The van der Waals surface area contributed by atoms with Crippen molar-refractivity contribution < 1.29 is 13.2 Å². The van der Waals surface area contributed by atoms with Crippen LogP contribution < -0.4 is 0 Å². The van der Waals surface area contributed by atoms with Crippen LogP contribution in [0.25, 0.3) is 17.1 Å². The second-order valence-electron chi connectivity index (χ2n) is 4.21. The highest BCUT2D eigenvalue weighted by atomic mass is 35.5. The number of halogens is 4. The van der Waals surface area contributed by atoms with Crippen molar-refractivity contribution in [3.05, 3.63) is 65.2 Å². The van der Waals surface area contributed by atoms with E-state index in [9.17, 15) is 13.2 Å². The molecule has 3 nitrogen and oxygen atoms in total. The van der Waals surface area contributed by atoms with E-state index in [1.807, 2.05) is 0 Å². The molecule has 0 aliphatic rings. The minimum absolute atomic E-state index is 0.154. The van der Waals surface area contributed by atoms with Crippen molar-refractivity contribution in [2.45, 2.75) is 0 Å². The van der Waals surface area contributed by atoms with Gasteiger partial charge in [-0.2, -0.15) is 0 Å². The summed E-state index contributed by atoms with van der Waals surface area (Å²) in [4.78, 5) is 0. The highest BCUT2D eigenvalue weighted by molar-refractivity contribution is 6.28. The maximum atomic E-state index is 13.9. The second-order valence-corrected chi connectivity index (χ2v) is 4.55. The maximum Gasteiger partial charge on any atom is 0.230 e. The van der Waals surface area contributed by atoms with Gasteiger partial charge >= 0.3 is 0 Å². The summed E-state index contributed by atoms with van der Waals surface area (Å²) >= 11 is 5.90. The summed E-state index contributed by atoms with van der Waals surface area (Å²) in [6.07, 6.45) is 0. The number of nitrogens with zero attached hydrogens (tertiary/aromatic N) is 3. The monoisotopic (exact) mass is 309 g/mol. The Morgan fingerprint density at radius 1 is 0.857 bits per heavy atom. The van der Waals surface area contributed by atoms with E-state index < -0.39 is 17.5 Å². The average molecular weight is 310 g/mol. The normalized spacial score (nSPS) is 10.9. The fourth-order valence-electron chi connectivity index (χ4n) is 1.94. The summed E-state index contributed by atoms with van der Waals surface area (Å²) in [6, 6.07) is 9.91. The van der Waals surface area contributed by atoms with Crippen molar-refractivity contribution in [3.63, 3.8) is 0 Å². The first-order valence-electron chi connectivity index (χ1n) is 5.89. The Balaban J connectivity index is 2.25. The van der Waals surface area contributed by atoms with Crippen molar-refractivity contribution in [1.82, 2.24) is 14.8 Å². The molecule has 0 aliphatic carbocycles. The summed E-state index contributed by atoms with van der Waals surface area (Å²) in [5, 5.41) is 7.36. The van der Waals surface area contributed by atoms with E-state index in [1.54, 1.807) is 30.3 Å². The van der Waals surface area contributed by atoms with Crippen LogP contribution in [-0.2, 0) is 0 Å². The van der Waals surface area contributed by atoms with Gasteiger partial charge in [-0.15, -0.1) is 10.2 Å². The van der Waals surface area contributed by atoms with Gasteiger partial charge in [-0.3, -0.25) is 4.57 Å². The molecule has 2 aromatic carbocycles. The zero-order valence-electron chi connectivity index (χ0n) is 10.4. The van der Waals surface area contributed by atoms with Gasteiger partial charge in [0.2, 0.25) is 5.28 Å². The summed E-state index contributed by atoms with van der Waals surface area (Å²) in [7, 11) is 0. The quantitative estimate of drug-likeness (QED) is 0.670. The molecule has 3 aromatic rings. The van der Waals surface area contributed by atoms with Crippen LogP contribution in [-0.4, -0.2) is 14.8 Å². The maximum absolute atomic E-state index is 13.9. The Kier molecular flexibility index (Phi) is 3.39. The smallest absolute Gasteiger partial charge is 0.230 e. The molecular weight excluding hydrogens is 303 g/mol. The largest absolute Gasteiger partial charge is 0.263 e. The van der Waals surface area contributed by atoms with E-state index in [-0.39, 0.29) is 16.8 Å². The molecular formula is C14H7ClF3N3. The van der Waals surface area contributed by atoms with Crippen LogP contribution >= 0.6 is 11.6 Å². The van der Waals surface area contributed by atoms with Crippen LogP contribution in [0.1, 0.15) is 0 Å². The predicted octanol–water partition coefficient (Wildman–Crippen LogP) is 4.01. The van der Waals surface area contributed by atoms with E-state index in [0.717, 1.165) is 4.57 Å². The number of hydrogen-bond donors (Lipinski definition) is 0. The van der Waals surface area contributed by atoms with Gasteiger partial charge in [-0.05, 0) is 11.6 Å². The fraction of sp³-hybridized carbons (Fsp3) is 0. The van der Waals surface area contributed by atoms with Gasteiger partial charge in [0.15, 0.2) is 17.5 Å². The molecule has 0 atom stereocenters. The molecule has 0 spiro atoms. The molecule has 3 rings (SSSR count). The van der Waals surface area contributed by atoms with E-state index in [0.29, 0.717) is 17.7 Å². The van der Waals surface area contributed by atoms with Crippen molar-refractivity contribution in [2.24, 2.45) is 0 Å². The molecule has 0 fully saturated rings. The van der Waals surface area contributed by atoms with E-state index in [1.165, 1.54) is 0 Å². The molecule has 1 aromatic heterocycles. The van der Waals surface area contributed by atoms with Crippen LogP contribution in [0.5, 0.6) is 0 Å². The van der Waals surface area contributed by atoms with Crippen LogP contribution in [0.3, 0.4) is 0 Å². The molecule has 0 aliphatic heterocycles. The first kappa shape index (κ1) is 13.6. The fourth-order valence-corrected chi connectivity index (χ4v) is 2.15. The highest BCUT2D eigenvalue weighted by Gasteiger charge is 2.19. The molecule has 0 saturated carbocycles. The van der Waals surface area contributed by atoms with Gasteiger partial charge < -0.3 is 0 Å². The Bertz CT molecular complexity index is 803. The summed E-state index contributed by atoms with van der Waals surface area (Å²) in [5.41, 5.74) is 0.351. The van der Waals surface area contributed by atoms with Gasteiger partial charge in [-0.1, -0.05) is 30.3 Å². The van der Waals surface area contributed by atoms with Crippen molar-refractivity contribution in [1.29, 1.82) is 0 Å². The van der Waals surface area contributed by atoms with E-state index in [2.05, 4.69) is 10.2 Å². The Morgan fingerprint density at radius 2 is 1.52 bits per heavy atom. The summed E-state index contributed by atoms with van der Waals surface area (Å²) < 4.78 is 41.5. The molecule has 0 N–H and O–H groups in total. The van der Waals surface area contributed by atoms with E-state index in [4.69, 9.17) is 11.6 Å². The SMILES string of the molecule is Fc1cc(F)c(-n2c(Cl)nnc2-c2ccccc2)cc1F. The van der Waals surface area contributed by atoms with Gasteiger partial charge in [-0.25, -0.2) is 13.2 Å². The molecule has 21 heavy (non-hydrogen) atoms. The molecule has 0 amide bonds. The summed E-state index contributed by atoms with van der Waals surface area (Å²) in [6.45, 7) is 0. The first-order valence-corrected chi connectivity index (χ1v) is 6.27. The highest BCUT2D eigenvalue weighted by Crippen LogP contribution is 2.27. The Hall–Kier alpha value is -2.34. The third-order valence-electron chi connectivity index (χ3n) is 2.89. The van der Waals surface area contributed by atoms with Gasteiger partial charge in [0, 0.05) is 17.7 Å². The molecule has 0 radical (unpaired) electrons. The lowest BCUT2D eigenvalue weighted by molar-refractivity contribution is 0.493. The topological polar surface area (TPSA) is 30.7 Å². The Morgan fingerprint density at radius 3 is 2.24 bits per heavy atom. The second kappa shape index (κ2) is 5.21. The average Bonchev–Trinajstić information content (AvgIpc) is 2.85. The van der Waals surface area contributed by atoms with Gasteiger partial charge in [0.1, 0.15) is 5.82 Å². The third-order valence-corrected chi connectivity index (χ3v) is 3.13. The third kappa shape index (κ3) is 2.38. The van der Waals surface area contributed by atoms with Crippen molar-refractivity contribution in [3.8, 4) is 17.1 Å². The van der Waals surface area contributed by atoms with Crippen molar-refractivity contribution >= 4 is 11.6 Å². The molecule has 0 unspecified atom stereocenters. The minimum Gasteiger partial charge on any atom is -0.263 e. The minimum atomic E-state index is -1.28. The van der Waals surface area contributed by atoms with Gasteiger partial charge in [0.05, 0.1) is 5.69 Å². The lowest BCUT2D eigenvalue weighted by atomic mass is 10.2. The number of benzene rings is 2. The zero-order chi connectivity index (χ0) is 15.0. The van der Waals surface area contributed by atoms with Crippen LogP contribution in [0.2, 0.25) is 5.28 Å². The number of hydrogen-bond acceptors (Lipinski definition) is 2. The number of aromatic nitrogens is 3. The molecule has 0 saturated heterocycles. The molecule has 1 heterocycles. The first-order chi connectivity index (χ1) is 10.1. The lowest BCUT2D eigenvalue weighted by Gasteiger charge is -2.09. The standard InChI is InChI=1S/C14H7ClF3N3/c15-14-20-19-13(8-4-2-1-3-5-8)21(14)12-7-10(17)9(16)6-11(12)18/h1-7H. The molecule has 106 valence electrons.